The highest BCUT2D eigenvalue weighted by Crippen LogP contribution is 2.51. The third-order valence-corrected chi connectivity index (χ3v) is 11.3. The van der Waals surface area contributed by atoms with Crippen LogP contribution >= 0.6 is 0 Å². The second-order valence-electron chi connectivity index (χ2n) is 15.0. The molecule has 8 aromatic rings. The van der Waals surface area contributed by atoms with Gasteiger partial charge in [-0.3, -0.25) is 0 Å². The molecule has 2 heterocycles. The van der Waals surface area contributed by atoms with E-state index in [2.05, 4.69) is 110 Å². The predicted molar refractivity (Wildman–Crippen MR) is 234 cm³/mol. The molecule has 0 amide bonds. The maximum absolute atomic E-state index is 6.70. The lowest BCUT2D eigenvalue weighted by Crippen LogP contribution is -2.12. The number of anilines is 4. The Balaban J connectivity index is 1.09. The predicted octanol–water partition coefficient (Wildman–Crippen LogP) is 12.3. The summed E-state index contributed by atoms with van der Waals surface area (Å²) in [5, 5.41) is 8.65. The van der Waals surface area contributed by atoms with Crippen LogP contribution in [0.5, 0.6) is 23.0 Å². The molecule has 0 radical (unpaired) electrons. The third kappa shape index (κ3) is 5.74. The Morgan fingerprint density at radius 1 is 0.482 bits per heavy atom. The van der Waals surface area contributed by atoms with Crippen molar-refractivity contribution in [3.63, 3.8) is 0 Å². The van der Waals surface area contributed by atoms with Gasteiger partial charge in [-0.05, 0) is 159 Å². The molecule has 0 bridgehead atoms. The Morgan fingerprint density at radius 3 is 1.25 bits per heavy atom. The van der Waals surface area contributed by atoms with Gasteiger partial charge in [-0.15, -0.1) is 0 Å². The first-order chi connectivity index (χ1) is 27.3. The second-order valence-corrected chi connectivity index (χ2v) is 15.0. The van der Waals surface area contributed by atoms with Gasteiger partial charge in [0, 0.05) is 56.8 Å². The lowest BCUT2D eigenvalue weighted by atomic mass is 9.80. The van der Waals surface area contributed by atoms with Crippen LogP contribution < -0.4 is 32.4 Å². The quantitative estimate of drug-likeness (QED) is 0.103. The lowest BCUT2D eigenvalue weighted by molar-refractivity contribution is 0.447. The molecule has 0 saturated carbocycles. The van der Waals surface area contributed by atoms with Crippen LogP contribution in [0, 0.1) is 0 Å². The standard InChI is InChI=1S/C50H40N4O2/c1-2-5-28(50-44-22-35-18-39(53)14-10-31(35)26-48(44)56-49-27-32-11-15-40(54)19-36(32)23-45(49)50)6-3-4-7-41-42-20-33-16-37(51)12-8-29(33)24-46(42)55-47-25-30-9-13-38(52)17-34(30)21-43(41)47/h2-6,8-27,41,50H,7,51-54H2,1H3/b4-3-,5-2-,28-6+. The molecule has 0 atom stereocenters. The molecule has 0 spiro atoms. The zero-order valence-electron chi connectivity index (χ0n) is 30.9. The summed E-state index contributed by atoms with van der Waals surface area (Å²) in [6.07, 6.45) is 11.7. The number of rotatable bonds is 5. The number of hydrogen-bond acceptors (Lipinski definition) is 6. The molecule has 2 aliphatic heterocycles. The highest BCUT2D eigenvalue weighted by molar-refractivity contribution is 5.93. The first-order valence-electron chi connectivity index (χ1n) is 19.0. The highest BCUT2D eigenvalue weighted by Gasteiger charge is 2.31. The summed E-state index contributed by atoms with van der Waals surface area (Å²) >= 11 is 0. The Kier molecular flexibility index (Phi) is 7.75. The maximum Gasteiger partial charge on any atom is 0.132 e. The van der Waals surface area contributed by atoms with Crippen molar-refractivity contribution in [3.05, 3.63) is 180 Å². The zero-order valence-corrected chi connectivity index (χ0v) is 30.9. The maximum atomic E-state index is 6.70. The van der Waals surface area contributed by atoms with Gasteiger partial charge in [0.2, 0.25) is 0 Å². The summed E-state index contributed by atoms with van der Waals surface area (Å²) in [5.41, 5.74) is 33.5. The summed E-state index contributed by atoms with van der Waals surface area (Å²) in [6, 6.07) is 41.5. The van der Waals surface area contributed by atoms with Gasteiger partial charge in [-0.2, -0.15) is 0 Å². The number of allylic oxidation sites excluding steroid dienone is 6. The molecule has 10 rings (SSSR count). The monoisotopic (exact) mass is 728 g/mol. The highest BCUT2D eigenvalue weighted by atomic mass is 16.5. The van der Waals surface area contributed by atoms with Crippen molar-refractivity contribution in [2.75, 3.05) is 22.9 Å². The molecule has 6 heteroatoms. The first kappa shape index (κ1) is 33.4. The summed E-state index contributed by atoms with van der Waals surface area (Å²) in [7, 11) is 0. The van der Waals surface area contributed by atoms with E-state index < -0.39 is 0 Å². The molecule has 56 heavy (non-hydrogen) atoms. The van der Waals surface area contributed by atoms with Crippen LogP contribution in [0.2, 0.25) is 0 Å². The second kappa shape index (κ2) is 13.0. The smallest absolute Gasteiger partial charge is 0.132 e. The van der Waals surface area contributed by atoms with Crippen molar-refractivity contribution in [2.24, 2.45) is 0 Å². The SMILES string of the molecule is C\C=C/C(=C\C=C/CC1c2cc3cc(N)ccc3cc2Oc2cc3ccc(N)cc3cc21)C1c2cc3cc(N)ccc3cc2Oc2cc3ccc(N)cc3cc21. The summed E-state index contributed by atoms with van der Waals surface area (Å²) < 4.78 is 13.3. The summed E-state index contributed by atoms with van der Waals surface area (Å²) in [6.45, 7) is 2.06. The fraction of sp³-hybridized carbons (Fsp3) is 0.0800. The van der Waals surface area contributed by atoms with E-state index in [0.717, 1.165) is 123 Å². The van der Waals surface area contributed by atoms with E-state index in [1.807, 2.05) is 48.5 Å². The van der Waals surface area contributed by atoms with Crippen molar-refractivity contribution in [2.45, 2.75) is 25.2 Å². The van der Waals surface area contributed by atoms with Gasteiger partial charge in [0.05, 0.1) is 0 Å². The average molecular weight is 729 g/mol. The van der Waals surface area contributed by atoms with Crippen LogP contribution in [0.25, 0.3) is 43.1 Å². The van der Waals surface area contributed by atoms with Crippen LogP contribution in [0.15, 0.2) is 157 Å². The summed E-state index contributed by atoms with van der Waals surface area (Å²) in [4.78, 5) is 0. The van der Waals surface area contributed by atoms with Crippen LogP contribution in [0.4, 0.5) is 22.7 Å². The van der Waals surface area contributed by atoms with Crippen molar-refractivity contribution in [1.82, 2.24) is 0 Å². The third-order valence-electron chi connectivity index (χ3n) is 11.3. The van der Waals surface area contributed by atoms with Crippen LogP contribution in [0.3, 0.4) is 0 Å². The molecule has 2 aliphatic rings. The van der Waals surface area contributed by atoms with Gasteiger partial charge in [-0.1, -0.05) is 54.6 Å². The molecule has 6 nitrogen and oxygen atoms in total. The number of nitrogen functional groups attached to an aromatic ring is 4. The van der Waals surface area contributed by atoms with E-state index in [4.69, 9.17) is 32.4 Å². The van der Waals surface area contributed by atoms with E-state index in [9.17, 15) is 0 Å². The van der Waals surface area contributed by atoms with Gasteiger partial charge in [0.25, 0.3) is 0 Å². The van der Waals surface area contributed by atoms with Gasteiger partial charge < -0.3 is 32.4 Å². The molecular formula is C50H40N4O2. The molecule has 0 fully saturated rings. The van der Waals surface area contributed by atoms with Crippen molar-refractivity contribution in [1.29, 1.82) is 0 Å². The number of ether oxygens (including phenoxy) is 2. The minimum absolute atomic E-state index is 0.0402. The van der Waals surface area contributed by atoms with E-state index >= 15 is 0 Å². The number of benzene rings is 8. The summed E-state index contributed by atoms with van der Waals surface area (Å²) in [5.74, 6) is 3.34. The fourth-order valence-corrected chi connectivity index (χ4v) is 8.62. The van der Waals surface area contributed by atoms with E-state index in [1.54, 1.807) is 0 Å². The molecule has 0 aromatic heterocycles. The number of nitrogens with two attached hydrogens (primary N) is 4. The van der Waals surface area contributed by atoms with Gasteiger partial charge >= 0.3 is 0 Å². The topological polar surface area (TPSA) is 123 Å². The van der Waals surface area contributed by atoms with E-state index in [0.29, 0.717) is 0 Å². The minimum Gasteiger partial charge on any atom is -0.457 e. The fourth-order valence-electron chi connectivity index (χ4n) is 8.62. The van der Waals surface area contributed by atoms with Crippen LogP contribution in [0.1, 0.15) is 47.4 Å². The molecule has 8 N–H and O–H groups in total. The number of hydrogen-bond donors (Lipinski definition) is 4. The average Bonchev–Trinajstić information content (AvgIpc) is 3.18. The Morgan fingerprint density at radius 2 is 0.857 bits per heavy atom. The van der Waals surface area contributed by atoms with Gasteiger partial charge in [0.15, 0.2) is 0 Å². The van der Waals surface area contributed by atoms with Gasteiger partial charge in [-0.25, -0.2) is 0 Å². The molecule has 272 valence electrons. The molecule has 0 saturated heterocycles. The van der Waals surface area contributed by atoms with Crippen molar-refractivity contribution >= 4 is 65.8 Å². The molecule has 0 unspecified atom stereocenters. The van der Waals surface area contributed by atoms with Crippen molar-refractivity contribution < 1.29 is 9.47 Å². The van der Waals surface area contributed by atoms with Crippen LogP contribution in [-0.2, 0) is 0 Å². The van der Waals surface area contributed by atoms with Gasteiger partial charge in [0.1, 0.15) is 23.0 Å². The van der Waals surface area contributed by atoms with Crippen LogP contribution in [-0.4, -0.2) is 0 Å². The Hall–Kier alpha value is -7.18. The number of fused-ring (bicyclic) bond motifs is 8. The van der Waals surface area contributed by atoms with E-state index in [1.165, 1.54) is 0 Å². The van der Waals surface area contributed by atoms with E-state index in [-0.39, 0.29) is 11.8 Å². The zero-order chi connectivity index (χ0) is 38.1. The lowest BCUT2D eigenvalue weighted by Gasteiger charge is -2.30. The Labute approximate surface area is 324 Å². The van der Waals surface area contributed by atoms with Crippen molar-refractivity contribution in [3.8, 4) is 23.0 Å². The molecule has 0 aliphatic carbocycles. The normalized spacial score (nSPS) is 14.3. The molecular weight excluding hydrogens is 689 g/mol. The molecule has 8 aromatic carbocycles. The first-order valence-corrected chi connectivity index (χ1v) is 19.0. The minimum atomic E-state index is -0.107. The Bertz CT molecular complexity index is 2850. The largest absolute Gasteiger partial charge is 0.457 e.